The molecule has 0 radical (unpaired) electrons. The summed E-state index contributed by atoms with van der Waals surface area (Å²) in [6.07, 6.45) is 6.52. The first-order valence-corrected chi connectivity index (χ1v) is 14.1. The van der Waals surface area contributed by atoms with Crippen LogP contribution in [0.2, 0.25) is 5.02 Å². The van der Waals surface area contributed by atoms with Gasteiger partial charge in [0.05, 0.1) is 5.56 Å². The highest BCUT2D eigenvalue weighted by molar-refractivity contribution is 6.31. The molecule has 196 valence electrons. The Kier molecular flexibility index (Phi) is 6.89. The normalized spacial score (nSPS) is 22.5. The average Bonchev–Trinajstić information content (AvgIpc) is 3.38. The summed E-state index contributed by atoms with van der Waals surface area (Å²) in [6.45, 7) is 6.51. The number of aromatic nitrogens is 1. The first-order chi connectivity index (χ1) is 18.5. The molecule has 1 amide bonds. The van der Waals surface area contributed by atoms with Crippen molar-refractivity contribution < 1.29 is 4.79 Å². The van der Waals surface area contributed by atoms with Crippen LogP contribution < -0.4 is 10.2 Å². The van der Waals surface area contributed by atoms with E-state index in [-0.39, 0.29) is 11.4 Å². The molecule has 2 heterocycles. The van der Waals surface area contributed by atoms with Crippen LogP contribution in [0.25, 0.3) is 10.9 Å². The molecular formula is C32H35ClN4O. The van der Waals surface area contributed by atoms with E-state index in [1.807, 2.05) is 24.3 Å². The van der Waals surface area contributed by atoms with Gasteiger partial charge in [0.25, 0.3) is 5.91 Å². The van der Waals surface area contributed by atoms with Crippen molar-refractivity contribution in [2.45, 2.75) is 38.1 Å². The zero-order valence-electron chi connectivity index (χ0n) is 21.9. The average molecular weight is 527 g/mol. The van der Waals surface area contributed by atoms with Crippen LogP contribution in [0.3, 0.4) is 0 Å². The summed E-state index contributed by atoms with van der Waals surface area (Å²) in [7, 11) is 0. The Bertz CT molecular complexity index is 1420. The molecule has 6 heteroatoms. The predicted octanol–water partition coefficient (Wildman–Crippen LogP) is 7.30. The second-order valence-electron chi connectivity index (χ2n) is 11.0. The number of carbonyl (C=O) groups excluding carboxylic acids is 1. The Morgan fingerprint density at radius 3 is 2.47 bits per heavy atom. The minimum atomic E-state index is -0.126. The third-order valence-corrected chi connectivity index (χ3v) is 8.89. The summed E-state index contributed by atoms with van der Waals surface area (Å²) in [5.74, 6) is 0.628. The number of nitrogens with zero attached hydrogens (tertiary/aromatic N) is 2. The Morgan fingerprint density at radius 2 is 1.71 bits per heavy atom. The van der Waals surface area contributed by atoms with Gasteiger partial charge in [0.1, 0.15) is 0 Å². The number of rotatable bonds is 5. The molecular weight excluding hydrogens is 492 g/mol. The Hall–Kier alpha value is -3.28. The van der Waals surface area contributed by atoms with Gasteiger partial charge >= 0.3 is 0 Å². The number of hydrogen-bond acceptors (Lipinski definition) is 3. The van der Waals surface area contributed by atoms with Crippen LogP contribution in [0.15, 0.2) is 79.0 Å². The Balaban J connectivity index is 1.25. The van der Waals surface area contributed by atoms with E-state index in [9.17, 15) is 4.79 Å². The highest BCUT2D eigenvalue weighted by Gasteiger charge is 2.42. The molecule has 1 aliphatic carbocycles. The van der Waals surface area contributed by atoms with Gasteiger partial charge < -0.3 is 15.2 Å². The second-order valence-corrected chi connectivity index (χ2v) is 11.4. The van der Waals surface area contributed by atoms with E-state index in [4.69, 9.17) is 11.6 Å². The molecule has 0 spiro atoms. The lowest BCUT2D eigenvalue weighted by atomic mass is 9.71. The summed E-state index contributed by atoms with van der Waals surface area (Å²) in [4.78, 5) is 21.7. The van der Waals surface area contributed by atoms with Gasteiger partial charge in [-0.25, -0.2) is 0 Å². The summed E-state index contributed by atoms with van der Waals surface area (Å²) in [5.41, 5.74) is 4.97. The van der Waals surface area contributed by atoms with Crippen LogP contribution in [0.1, 0.15) is 48.5 Å². The van der Waals surface area contributed by atoms with Gasteiger partial charge in [-0.15, -0.1) is 0 Å². The topological polar surface area (TPSA) is 51.4 Å². The first-order valence-electron chi connectivity index (χ1n) is 13.8. The number of piperazine rings is 1. The number of aromatic amines is 1. The lowest BCUT2D eigenvalue weighted by Crippen LogP contribution is -2.56. The van der Waals surface area contributed by atoms with E-state index in [0.717, 1.165) is 61.5 Å². The van der Waals surface area contributed by atoms with Crippen LogP contribution in [-0.2, 0) is 5.54 Å². The highest BCUT2D eigenvalue weighted by atomic mass is 35.5. The van der Waals surface area contributed by atoms with E-state index in [1.54, 1.807) is 6.20 Å². The summed E-state index contributed by atoms with van der Waals surface area (Å²) in [6, 6.07) is 24.9. The first kappa shape index (κ1) is 25.0. The predicted molar refractivity (Wildman–Crippen MR) is 157 cm³/mol. The zero-order valence-corrected chi connectivity index (χ0v) is 22.7. The fourth-order valence-electron chi connectivity index (χ4n) is 6.42. The molecule has 2 fully saturated rings. The number of hydrogen-bond donors (Lipinski definition) is 2. The number of amides is 1. The smallest absolute Gasteiger partial charge is 0.257 e. The molecule has 2 aliphatic rings. The largest absolute Gasteiger partial charge is 0.369 e. The molecule has 3 aromatic carbocycles. The highest BCUT2D eigenvalue weighted by Crippen LogP contribution is 2.45. The van der Waals surface area contributed by atoms with E-state index >= 15 is 0 Å². The van der Waals surface area contributed by atoms with E-state index in [1.165, 1.54) is 24.1 Å². The zero-order chi connectivity index (χ0) is 26.1. The van der Waals surface area contributed by atoms with E-state index < -0.39 is 0 Å². The number of benzene rings is 3. The van der Waals surface area contributed by atoms with Crippen LogP contribution in [0, 0.1) is 5.92 Å². The van der Waals surface area contributed by atoms with Gasteiger partial charge in [-0.1, -0.05) is 48.9 Å². The van der Waals surface area contributed by atoms with Gasteiger partial charge in [0.15, 0.2) is 0 Å². The summed E-state index contributed by atoms with van der Waals surface area (Å²) in [5, 5.41) is 4.62. The van der Waals surface area contributed by atoms with Gasteiger partial charge in [-0.2, -0.15) is 0 Å². The molecule has 6 rings (SSSR count). The van der Waals surface area contributed by atoms with Crippen LogP contribution >= 0.6 is 11.6 Å². The molecule has 38 heavy (non-hydrogen) atoms. The fourth-order valence-corrected chi connectivity index (χ4v) is 6.60. The fraction of sp³-hybridized carbons (Fsp3) is 0.344. The number of H-pyrrole nitrogens is 1. The van der Waals surface area contributed by atoms with Gasteiger partial charge in [-0.3, -0.25) is 9.69 Å². The molecule has 0 bridgehead atoms. The van der Waals surface area contributed by atoms with Crippen molar-refractivity contribution in [1.29, 1.82) is 0 Å². The van der Waals surface area contributed by atoms with Crippen molar-refractivity contribution in [3.8, 4) is 0 Å². The minimum absolute atomic E-state index is 0.00430. The Labute approximate surface area is 229 Å². The summed E-state index contributed by atoms with van der Waals surface area (Å²) < 4.78 is 0. The van der Waals surface area contributed by atoms with Crippen molar-refractivity contribution in [2.75, 3.05) is 36.4 Å². The maximum absolute atomic E-state index is 13.3. The van der Waals surface area contributed by atoms with Crippen molar-refractivity contribution in [2.24, 2.45) is 5.92 Å². The van der Waals surface area contributed by atoms with Crippen molar-refractivity contribution in [1.82, 2.24) is 9.88 Å². The third-order valence-electron chi connectivity index (χ3n) is 8.65. The van der Waals surface area contributed by atoms with E-state index in [2.05, 4.69) is 75.6 Å². The summed E-state index contributed by atoms with van der Waals surface area (Å²) >= 11 is 6.21. The number of halogens is 1. The number of fused-ring (bicyclic) bond motifs is 1. The quantitative estimate of drug-likeness (QED) is 0.287. The lowest BCUT2D eigenvalue weighted by Gasteiger charge is -2.51. The SMILES string of the molecule is CC1CCC(c2cccc(NC(=O)c3c[nH]c4ccc(Cl)cc34)c2)(N2CCN(c3ccccc3)CC2)CC1. The van der Waals surface area contributed by atoms with Crippen LogP contribution in [-0.4, -0.2) is 42.0 Å². The molecule has 4 aromatic rings. The van der Waals surface area contributed by atoms with Gasteiger partial charge in [-0.05, 0) is 79.6 Å². The lowest BCUT2D eigenvalue weighted by molar-refractivity contribution is 0.0299. The minimum Gasteiger partial charge on any atom is -0.369 e. The maximum Gasteiger partial charge on any atom is 0.257 e. The monoisotopic (exact) mass is 526 g/mol. The van der Waals surface area contributed by atoms with Crippen molar-refractivity contribution in [3.63, 3.8) is 0 Å². The van der Waals surface area contributed by atoms with Crippen molar-refractivity contribution >= 4 is 39.8 Å². The molecule has 1 saturated heterocycles. The maximum atomic E-state index is 13.3. The molecule has 1 saturated carbocycles. The molecule has 2 N–H and O–H groups in total. The Morgan fingerprint density at radius 1 is 0.947 bits per heavy atom. The van der Waals surface area contributed by atoms with E-state index in [0.29, 0.717) is 10.6 Å². The molecule has 1 aliphatic heterocycles. The number of carbonyl (C=O) groups is 1. The molecule has 0 unspecified atom stereocenters. The third kappa shape index (κ3) is 4.81. The van der Waals surface area contributed by atoms with Gasteiger partial charge in [0, 0.05) is 65.2 Å². The number of para-hydroxylation sites is 1. The number of nitrogens with one attached hydrogen (secondary N) is 2. The molecule has 1 aromatic heterocycles. The van der Waals surface area contributed by atoms with Crippen LogP contribution in [0.4, 0.5) is 11.4 Å². The second kappa shape index (κ2) is 10.5. The number of anilines is 2. The van der Waals surface area contributed by atoms with Crippen LogP contribution in [0.5, 0.6) is 0 Å². The molecule has 0 atom stereocenters. The van der Waals surface area contributed by atoms with Crippen molar-refractivity contribution in [3.05, 3.63) is 95.1 Å². The standard InChI is InChI=1S/C32H35ClN4O/c1-23-12-14-32(15-13-23,37-18-16-36(17-19-37)27-8-3-2-4-9-27)24-6-5-7-26(20-24)35-31(38)29-22-34-30-11-10-25(33)21-28(29)30/h2-11,20-23,34H,12-19H2,1H3,(H,35,38). The molecule has 5 nitrogen and oxygen atoms in total. The van der Waals surface area contributed by atoms with Gasteiger partial charge in [0.2, 0.25) is 0 Å².